The SMILES string of the molecule is CC(C)CC(C)(C)NC(C)(C)CC(C)(C)C(N)C(C)(C)CC(C)C. The first kappa shape index (κ1) is 23.9. The molecular weight excluding hydrogens is 292 g/mol. The Morgan fingerprint density at radius 3 is 1.46 bits per heavy atom. The van der Waals surface area contributed by atoms with Crippen LogP contribution in [0.15, 0.2) is 0 Å². The average Bonchev–Trinajstić information content (AvgIpc) is 2.19. The molecular formula is C22H48N2. The molecule has 24 heavy (non-hydrogen) atoms. The van der Waals surface area contributed by atoms with Gasteiger partial charge in [0.15, 0.2) is 0 Å². The highest BCUT2D eigenvalue weighted by Crippen LogP contribution is 2.41. The van der Waals surface area contributed by atoms with E-state index in [-0.39, 0.29) is 27.9 Å². The summed E-state index contributed by atoms with van der Waals surface area (Å²) in [5.74, 6) is 1.38. The Hall–Kier alpha value is -0.0800. The maximum atomic E-state index is 6.80. The summed E-state index contributed by atoms with van der Waals surface area (Å²) >= 11 is 0. The van der Waals surface area contributed by atoms with Crippen LogP contribution in [-0.2, 0) is 0 Å². The van der Waals surface area contributed by atoms with Gasteiger partial charge >= 0.3 is 0 Å². The second kappa shape index (κ2) is 8.08. The van der Waals surface area contributed by atoms with E-state index in [1.54, 1.807) is 0 Å². The molecule has 0 aliphatic heterocycles. The first-order valence-corrected chi connectivity index (χ1v) is 9.95. The fourth-order valence-corrected chi connectivity index (χ4v) is 5.52. The summed E-state index contributed by atoms with van der Waals surface area (Å²) in [6, 6.07) is 0.182. The van der Waals surface area contributed by atoms with Gasteiger partial charge < -0.3 is 11.1 Å². The highest BCUT2D eigenvalue weighted by molar-refractivity contribution is 4.99. The van der Waals surface area contributed by atoms with Crippen LogP contribution in [0.2, 0.25) is 0 Å². The van der Waals surface area contributed by atoms with E-state index in [1.807, 2.05) is 0 Å². The van der Waals surface area contributed by atoms with Crippen molar-refractivity contribution in [2.75, 3.05) is 0 Å². The molecule has 0 aliphatic rings. The minimum Gasteiger partial charge on any atom is -0.327 e. The van der Waals surface area contributed by atoms with E-state index in [0.29, 0.717) is 11.8 Å². The lowest BCUT2D eigenvalue weighted by Crippen LogP contribution is -2.57. The van der Waals surface area contributed by atoms with Gasteiger partial charge in [0.05, 0.1) is 0 Å². The van der Waals surface area contributed by atoms with Crippen LogP contribution < -0.4 is 11.1 Å². The van der Waals surface area contributed by atoms with E-state index in [4.69, 9.17) is 5.73 Å². The summed E-state index contributed by atoms with van der Waals surface area (Å²) in [4.78, 5) is 0. The van der Waals surface area contributed by atoms with Crippen LogP contribution in [0.5, 0.6) is 0 Å². The minimum absolute atomic E-state index is 0.0629. The molecule has 3 N–H and O–H groups in total. The largest absolute Gasteiger partial charge is 0.327 e. The maximum Gasteiger partial charge on any atom is 0.0143 e. The molecule has 1 atom stereocenters. The van der Waals surface area contributed by atoms with Gasteiger partial charge in [-0.05, 0) is 69.6 Å². The molecule has 0 aromatic rings. The Bertz CT molecular complexity index is 375. The molecule has 0 saturated carbocycles. The topological polar surface area (TPSA) is 38.0 Å². The van der Waals surface area contributed by atoms with Crippen LogP contribution in [0.4, 0.5) is 0 Å². The Balaban J connectivity index is 5.11. The zero-order chi connectivity index (χ0) is 19.6. The van der Waals surface area contributed by atoms with Crippen molar-refractivity contribution in [1.29, 1.82) is 0 Å². The van der Waals surface area contributed by atoms with Crippen molar-refractivity contribution in [3.05, 3.63) is 0 Å². The molecule has 0 amide bonds. The number of nitrogens with two attached hydrogens (primary N) is 1. The van der Waals surface area contributed by atoms with Crippen molar-refractivity contribution in [3.8, 4) is 0 Å². The molecule has 0 fully saturated rings. The number of nitrogens with one attached hydrogen (secondary N) is 1. The normalized spacial score (nSPS) is 16.1. The first-order valence-electron chi connectivity index (χ1n) is 9.95. The van der Waals surface area contributed by atoms with Crippen molar-refractivity contribution in [2.45, 2.75) is 119 Å². The summed E-state index contributed by atoms with van der Waals surface area (Å²) in [6.07, 6.45) is 3.43. The van der Waals surface area contributed by atoms with Crippen LogP contribution in [0.3, 0.4) is 0 Å². The molecule has 0 aromatic carbocycles. The van der Waals surface area contributed by atoms with Gasteiger partial charge in [-0.2, -0.15) is 0 Å². The van der Waals surface area contributed by atoms with Gasteiger partial charge in [0.1, 0.15) is 0 Å². The molecule has 2 nitrogen and oxygen atoms in total. The van der Waals surface area contributed by atoms with Crippen LogP contribution in [0, 0.1) is 22.7 Å². The second-order valence-electron chi connectivity index (χ2n) is 11.7. The Morgan fingerprint density at radius 1 is 0.667 bits per heavy atom. The van der Waals surface area contributed by atoms with Gasteiger partial charge in [0.2, 0.25) is 0 Å². The molecule has 0 heterocycles. The zero-order valence-electron chi connectivity index (χ0n) is 18.9. The summed E-state index contributed by atoms with van der Waals surface area (Å²) in [5.41, 5.74) is 7.25. The van der Waals surface area contributed by atoms with Crippen LogP contribution in [0.25, 0.3) is 0 Å². The third-order valence-electron chi connectivity index (χ3n) is 5.11. The van der Waals surface area contributed by atoms with Gasteiger partial charge in [-0.25, -0.2) is 0 Å². The van der Waals surface area contributed by atoms with Gasteiger partial charge in [-0.3, -0.25) is 0 Å². The minimum atomic E-state index is 0.0629. The van der Waals surface area contributed by atoms with Gasteiger partial charge in [-0.1, -0.05) is 55.4 Å². The highest BCUT2D eigenvalue weighted by Gasteiger charge is 2.42. The van der Waals surface area contributed by atoms with Gasteiger partial charge in [-0.15, -0.1) is 0 Å². The fraction of sp³-hybridized carbons (Fsp3) is 1.00. The van der Waals surface area contributed by atoms with E-state index in [1.165, 1.54) is 12.8 Å². The zero-order valence-corrected chi connectivity index (χ0v) is 18.9. The Labute approximate surface area is 153 Å². The lowest BCUT2D eigenvalue weighted by Gasteiger charge is -2.48. The third kappa shape index (κ3) is 8.34. The van der Waals surface area contributed by atoms with Crippen LogP contribution >= 0.6 is 0 Å². The molecule has 0 spiro atoms. The smallest absolute Gasteiger partial charge is 0.0143 e. The molecule has 146 valence electrons. The van der Waals surface area contributed by atoms with E-state index < -0.39 is 0 Å². The van der Waals surface area contributed by atoms with E-state index in [2.05, 4.69) is 88.4 Å². The highest BCUT2D eigenvalue weighted by atomic mass is 15.0. The van der Waals surface area contributed by atoms with Crippen molar-refractivity contribution in [3.63, 3.8) is 0 Å². The molecule has 0 aromatic heterocycles. The molecule has 0 bridgehead atoms. The molecule has 0 aliphatic carbocycles. The summed E-state index contributed by atoms with van der Waals surface area (Å²) in [6.45, 7) is 27.9. The number of hydrogen-bond acceptors (Lipinski definition) is 2. The van der Waals surface area contributed by atoms with E-state index in [9.17, 15) is 0 Å². The lowest BCUT2D eigenvalue weighted by molar-refractivity contribution is 0.0788. The fourth-order valence-electron chi connectivity index (χ4n) is 5.52. The number of rotatable bonds is 10. The lowest BCUT2D eigenvalue weighted by atomic mass is 9.63. The predicted molar refractivity (Wildman–Crippen MR) is 110 cm³/mol. The van der Waals surface area contributed by atoms with Crippen molar-refractivity contribution >= 4 is 0 Å². The van der Waals surface area contributed by atoms with E-state index in [0.717, 1.165) is 6.42 Å². The third-order valence-corrected chi connectivity index (χ3v) is 5.11. The first-order chi connectivity index (χ1) is 10.4. The maximum absolute atomic E-state index is 6.80. The molecule has 0 saturated heterocycles. The predicted octanol–water partition coefficient (Wildman–Crippen LogP) is 6.00. The molecule has 0 rings (SSSR count). The standard InChI is InChI=1S/C22H48N2/c1-16(2)13-19(5,6)18(23)20(7,8)15-22(11,12)24-21(9,10)14-17(3)4/h16-18,24H,13-15,23H2,1-12H3. The summed E-state index contributed by atoms with van der Waals surface area (Å²) in [5, 5.41) is 3.91. The molecule has 2 heteroatoms. The van der Waals surface area contributed by atoms with Crippen molar-refractivity contribution < 1.29 is 0 Å². The molecule has 1 unspecified atom stereocenters. The Kier molecular flexibility index (Phi) is 8.05. The average molecular weight is 341 g/mol. The summed E-state index contributed by atoms with van der Waals surface area (Å²) in [7, 11) is 0. The van der Waals surface area contributed by atoms with Crippen molar-refractivity contribution in [1.82, 2.24) is 5.32 Å². The number of hydrogen-bond donors (Lipinski definition) is 2. The quantitative estimate of drug-likeness (QED) is 0.512. The monoisotopic (exact) mass is 340 g/mol. The van der Waals surface area contributed by atoms with Crippen LogP contribution in [-0.4, -0.2) is 17.1 Å². The van der Waals surface area contributed by atoms with Crippen molar-refractivity contribution in [2.24, 2.45) is 28.4 Å². The Morgan fingerprint density at radius 2 is 1.08 bits per heavy atom. The van der Waals surface area contributed by atoms with E-state index >= 15 is 0 Å². The van der Waals surface area contributed by atoms with Crippen LogP contribution in [0.1, 0.15) is 102 Å². The molecule has 0 radical (unpaired) electrons. The second-order valence-corrected chi connectivity index (χ2v) is 11.7. The van der Waals surface area contributed by atoms with Gasteiger partial charge in [0.25, 0.3) is 0 Å². The van der Waals surface area contributed by atoms with Gasteiger partial charge in [0, 0.05) is 17.1 Å². The summed E-state index contributed by atoms with van der Waals surface area (Å²) < 4.78 is 0.